The summed E-state index contributed by atoms with van der Waals surface area (Å²) < 4.78 is 0. The van der Waals surface area contributed by atoms with E-state index in [1.807, 2.05) is 13.8 Å². The van der Waals surface area contributed by atoms with Gasteiger partial charge in [0.2, 0.25) is 0 Å². The number of carbonyl (C=O) groups excluding carboxylic acids is 1. The normalized spacial score (nSPS) is 18.4. The molecule has 1 atom stereocenters. The zero-order valence-electron chi connectivity index (χ0n) is 11.0. The molecule has 0 aromatic heterocycles. The quantitative estimate of drug-likeness (QED) is 0.578. The van der Waals surface area contributed by atoms with Crippen molar-refractivity contribution in [2.45, 2.75) is 45.2 Å². The molecule has 1 aliphatic heterocycles. The summed E-state index contributed by atoms with van der Waals surface area (Å²) in [5.74, 6) is -0.755. The molecule has 0 bridgehead atoms. The molecule has 1 saturated heterocycles. The molecule has 4 N–H and O–H groups in total. The van der Waals surface area contributed by atoms with E-state index in [1.165, 1.54) is 0 Å². The molecule has 1 rings (SSSR count). The van der Waals surface area contributed by atoms with Crippen LogP contribution >= 0.6 is 0 Å². The van der Waals surface area contributed by atoms with E-state index in [0.29, 0.717) is 6.42 Å². The minimum atomic E-state index is -0.982. The van der Waals surface area contributed by atoms with Crippen LogP contribution in [0.15, 0.2) is 0 Å². The number of hydrogen-bond donors (Lipinski definition) is 4. The first-order valence-corrected chi connectivity index (χ1v) is 6.49. The van der Waals surface area contributed by atoms with Crippen LogP contribution < -0.4 is 16.0 Å². The van der Waals surface area contributed by atoms with E-state index in [-0.39, 0.29) is 18.0 Å². The fourth-order valence-corrected chi connectivity index (χ4v) is 2.04. The van der Waals surface area contributed by atoms with Gasteiger partial charge in [0, 0.05) is 6.04 Å². The van der Waals surface area contributed by atoms with Crippen LogP contribution in [0.5, 0.6) is 0 Å². The molecule has 18 heavy (non-hydrogen) atoms. The first kappa shape index (κ1) is 14.8. The maximum atomic E-state index is 11.7. The Morgan fingerprint density at radius 3 is 2.44 bits per heavy atom. The summed E-state index contributed by atoms with van der Waals surface area (Å²) in [5, 5.41) is 17.6. The molecular weight excluding hydrogens is 234 g/mol. The van der Waals surface area contributed by atoms with Gasteiger partial charge in [0.05, 0.1) is 0 Å². The van der Waals surface area contributed by atoms with E-state index in [9.17, 15) is 9.59 Å². The molecule has 0 aromatic rings. The molecule has 1 aliphatic rings. The highest BCUT2D eigenvalue weighted by Gasteiger charge is 2.22. The van der Waals surface area contributed by atoms with Gasteiger partial charge in [0.15, 0.2) is 0 Å². The SMILES string of the molecule is CC(C)C[C@@H](NC(=O)NC1CCNCC1)C(=O)O. The Hall–Kier alpha value is -1.30. The van der Waals surface area contributed by atoms with Crippen molar-refractivity contribution in [3.05, 3.63) is 0 Å². The van der Waals surface area contributed by atoms with Gasteiger partial charge in [0.25, 0.3) is 0 Å². The first-order chi connectivity index (χ1) is 8.49. The van der Waals surface area contributed by atoms with E-state index in [2.05, 4.69) is 16.0 Å². The fourth-order valence-electron chi connectivity index (χ4n) is 2.04. The summed E-state index contributed by atoms with van der Waals surface area (Å²) in [6.45, 7) is 5.64. The zero-order valence-corrected chi connectivity index (χ0v) is 11.0. The first-order valence-electron chi connectivity index (χ1n) is 6.49. The van der Waals surface area contributed by atoms with Crippen molar-refractivity contribution < 1.29 is 14.7 Å². The minimum Gasteiger partial charge on any atom is -0.480 e. The summed E-state index contributed by atoms with van der Waals surface area (Å²) in [6.07, 6.45) is 2.21. The summed E-state index contributed by atoms with van der Waals surface area (Å²) >= 11 is 0. The van der Waals surface area contributed by atoms with Crippen molar-refractivity contribution in [2.24, 2.45) is 5.92 Å². The number of amides is 2. The van der Waals surface area contributed by atoms with E-state index < -0.39 is 12.0 Å². The number of piperidine rings is 1. The lowest BCUT2D eigenvalue weighted by atomic mass is 10.0. The highest BCUT2D eigenvalue weighted by atomic mass is 16.4. The summed E-state index contributed by atoms with van der Waals surface area (Å²) in [5.41, 5.74) is 0. The van der Waals surface area contributed by atoms with Crippen LogP contribution in [0.3, 0.4) is 0 Å². The van der Waals surface area contributed by atoms with Gasteiger partial charge in [-0.15, -0.1) is 0 Å². The molecule has 0 aliphatic carbocycles. The molecule has 2 amide bonds. The van der Waals surface area contributed by atoms with Crippen LogP contribution in [0.25, 0.3) is 0 Å². The number of urea groups is 1. The van der Waals surface area contributed by atoms with Gasteiger partial charge in [0.1, 0.15) is 6.04 Å². The van der Waals surface area contributed by atoms with Gasteiger partial charge in [-0.1, -0.05) is 13.8 Å². The lowest BCUT2D eigenvalue weighted by molar-refractivity contribution is -0.139. The lowest BCUT2D eigenvalue weighted by Crippen LogP contribution is -2.51. The molecule has 0 spiro atoms. The van der Waals surface area contributed by atoms with Gasteiger partial charge < -0.3 is 21.1 Å². The molecular formula is C12H23N3O3. The van der Waals surface area contributed by atoms with Gasteiger partial charge in [-0.2, -0.15) is 0 Å². The highest BCUT2D eigenvalue weighted by molar-refractivity contribution is 5.82. The lowest BCUT2D eigenvalue weighted by Gasteiger charge is -2.25. The van der Waals surface area contributed by atoms with Crippen LogP contribution in [0.2, 0.25) is 0 Å². The smallest absolute Gasteiger partial charge is 0.326 e. The monoisotopic (exact) mass is 257 g/mol. The second-order valence-electron chi connectivity index (χ2n) is 5.16. The van der Waals surface area contributed by atoms with E-state index in [1.54, 1.807) is 0 Å². The fraction of sp³-hybridized carbons (Fsp3) is 0.833. The molecule has 1 fully saturated rings. The molecule has 0 aromatic carbocycles. The van der Waals surface area contributed by atoms with Crippen molar-refractivity contribution in [2.75, 3.05) is 13.1 Å². The third-order valence-electron chi connectivity index (χ3n) is 2.98. The third-order valence-corrected chi connectivity index (χ3v) is 2.98. The Bertz CT molecular complexity index is 288. The van der Waals surface area contributed by atoms with Crippen LogP contribution in [0.1, 0.15) is 33.1 Å². The predicted octanol–water partition coefficient (Wildman–Crippen LogP) is 0.537. The number of carbonyl (C=O) groups is 2. The average molecular weight is 257 g/mol. The van der Waals surface area contributed by atoms with Crippen molar-refractivity contribution in [1.82, 2.24) is 16.0 Å². The number of hydrogen-bond acceptors (Lipinski definition) is 3. The minimum absolute atomic E-state index is 0.139. The van der Waals surface area contributed by atoms with Crippen LogP contribution in [0, 0.1) is 5.92 Å². The maximum absolute atomic E-state index is 11.7. The van der Waals surface area contributed by atoms with Crippen molar-refractivity contribution in [3.63, 3.8) is 0 Å². The largest absolute Gasteiger partial charge is 0.480 e. The summed E-state index contributed by atoms with van der Waals surface area (Å²) in [4.78, 5) is 22.7. The van der Waals surface area contributed by atoms with Gasteiger partial charge in [-0.25, -0.2) is 9.59 Å². The molecule has 104 valence electrons. The second-order valence-corrected chi connectivity index (χ2v) is 5.16. The number of carboxylic acid groups (broad SMARTS) is 1. The molecule has 6 nitrogen and oxygen atoms in total. The predicted molar refractivity (Wildman–Crippen MR) is 68.4 cm³/mol. The van der Waals surface area contributed by atoms with Crippen molar-refractivity contribution >= 4 is 12.0 Å². The van der Waals surface area contributed by atoms with Gasteiger partial charge >= 0.3 is 12.0 Å². The number of aliphatic carboxylic acids is 1. The molecule has 0 unspecified atom stereocenters. The highest BCUT2D eigenvalue weighted by Crippen LogP contribution is 2.06. The Morgan fingerprint density at radius 2 is 1.94 bits per heavy atom. The third kappa shape index (κ3) is 5.35. The van der Waals surface area contributed by atoms with E-state index >= 15 is 0 Å². The van der Waals surface area contributed by atoms with Gasteiger partial charge in [-0.3, -0.25) is 0 Å². The molecule has 6 heteroatoms. The Morgan fingerprint density at radius 1 is 1.33 bits per heavy atom. The maximum Gasteiger partial charge on any atom is 0.326 e. The molecule has 0 radical (unpaired) electrons. The van der Waals surface area contributed by atoms with E-state index in [0.717, 1.165) is 25.9 Å². The Balaban J connectivity index is 2.37. The Labute approximate surface area is 108 Å². The molecule has 1 heterocycles. The second kappa shape index (κ2) is 7.20. The van der Waals surface area contributed by atoms with E-state index in [4.69, 9.17) is 5.11 Å². The molecule has 0 saturated carbocycles. The Kier molecular flexibility index (Phi) is 5.91. The summed E-state index contributed by atoms with van der Waals surface area (Å²) in [6, 6.07) is -1.05. The van der Waals surface area contributed by atoms with Crippen LogP contribution in [-0.2, 0) is 4.79 Å². The topological polar surface area (TPSA) is 90.5 Å². The van der Waals surface area contributed by atoms with Crippen LogP contribution in [0.4, 0.5) is 4.79 Å². The summed E-state index contributed by atoms with van der Waals surface area (Å²) in [7, 11) is 0. The van der Waals surface area contributed by atoms with Crippen molar-refractivity contribution in [3.8, 4) is 0 Å². The zero-order chi connectivity index (χ0) is 13.5. The average Bonchev–Trinajstić information content (AvgIpc) is 2.28. The number of carboxylic acids is 1. The van der Waals surface area contributed by atoms with Crippen molar-refractivity contribution in [1.29, 1.82) is 0 Å². The number of nitrogens with one attached hydrogen (secondary N) is 3. The van der Waals surface area contributed by atoms with Gasteiger partial charge in [-0.05, 0) is 38.3 Å². The van der Waals surface area contributed by atoms with Crippen LogP contribution in [-0.4, -0.2) is 42.3 Å². The standard InChI is InChI=1S/C12H23N3O3/c1-8(2)7-10(11(16)17)15-12(18)14-9-3-5-13-6-4-9/h8-10,13H,3-7H2,1-2H3,(H,16,17)(H2,14,15,18)/t10-/m1/s1. The number of rotatable bonds is 5.